The second-order valence-corrected chi connectivity index (χ2v) is 10.4. The molecule has 25 heavy (non-hydrogen) atoms. The molecule has 0 saturated heterocycles. The van der Waals surface area contributed by atoms with Gasteiger partial charge < -0.3 is 0 Å². The van der Waals surface area contributed by atoms with Gasteiger partial charge in [-0.25, -0.2) is 4.98 Å². The van der Waals surface area contributed by atoms with Crippen LogP contribution in [-0.2, 0) is 10.2 Å². The molecule has 0 spiro atoms. The Morgan fingerprint density at radius 2 is 1.96 bits per heavy atom. The first-order valence-electron chi connectivity index (χ1n) is 8.78. The van der Waals surface area contributed by atoms with Crippen molar-refractivity contribution in [1.29, 1.82) is 0 Å². The van der Waals surface area contributed by atoms with Crippen LogP contribution in [0.25, 0.3) is 10.2 Å². The maximum Gasteiger partial charge on any atom is 0.163 e. The number of hydrogen-bond donors (Lipinski definition) is 0. The van der Waals surface area contributed by atoms with Gasteiger partial charge >= 0.3 is 0 Å². The van der Waals surface area contributed by atoms with E-state index in [4.69, 9.17) is 4.98 Å². The van der Waals surface area contributed by atoms with Crippen molar-refractivity contribution in [3.05, 3.63) is 28.8 Å². The van der Waals surface area contributed by atoms with Crippen LogP contribution in [0.2, 0.25) is 0 Å². The summed E-state index contributed by atoms with van der Waals surface area (Å²) in [7, 11) is 0. The molecule has 0 N–H and O–H groups in total. The van der Waals surface area contributed by atoms with E-state index in [1.807, 2.05) is 20.8 Å². The highest BCUT2D eigenvalue weighted by atomic mass is 32.2. The van der Waals surface area contributed by atoms with E-state index in [2.05, 4.69) is 44.0 Å². The first kappa shape index (κ1) is 18.6. The molecule has 5 heteroatoms. The van der Waals surface area contributed by atoms with Gasteiger partial charge in [0.2, 0.25) is 0 Å². The average Bonchev–Trinajstić information content (AvgIpc) is 3.18. The largest absolute Gasteiger partial charge is 0.297 e. The van der Waals surface area contributed by atoms with Gasteiger partial charge in [-0.05, 0) is 29.5 Å². The van der Waals surface area contributed by atoms with Crippen LogP contribution in [0.1, 0.15) is 58.5 Å². The molecule has 0 radical (unpaired) electrons. The SMILES string of the molecule is CCC(C)(C)c1ccc2nc(C3=NC(C(=O)C(C)(C)C)CS3)sc2c1. The zero-order chi connectivity index (χ0) is 18.4. The predicted molar refractivity (Wildman–Crippen MR) is 110 cm³/mol. The van der Waals surface area contributed by atoms with Crippen molar-refractivity contribution < 1.29 is 4.79 Å². The highest BCUT2D eigenvalue weighted by molar-refractivity contribution is 8.15. The fraction of sp³-hybridized carbons (Fsp3) is 0.550. The summed E-state index contributed by atoms with van der Waals surface area (Å²) in [5.41, 5.74) is 2.18. The zero-order valence-corrected chi connectivity index (χ0v) is 17.5. The Balaban J connectivity index is 1.91. The van der Waals surface area contributed by atoms with Crippen LogP contribution >= 0.6 is 23.1 Å². The van der Waals surface area contributed by atoms with E-state index in [1.165, 1.54) is 10.3 Å². The summed E-state index contributed by atoms with van der Waals surface area (Å²) in [4.78, 5) is 21.9. The molecule has 1 aromatic heterocycles. The van der Waals surface area contributed by atoms with Crippen molar-refractivity contribution in [3.8, 4) is 0 Å². The van der Waals surface area contributed by atoms with Crippen molar-refractivity contribution in [2.24, 2.45) is 10.4 Å². The van der Waals surface area contributed by atoms with E-state index < -0.39 is 0 Å². The van der Waals surface area contributed by atoms with E-state index in [1.54, 1.807) is 23.1 Å². The molecule has 0 saturated carbocycles. The normalized spacial score (nSPS) is 18.6. The standard InChI is InChI=1S/C20H26N2OS2/c1-7-20(5,6)12-8-9-13-15(10-12)25-18(21-13)17-22-14(11-24-17)16(23)19(2,3)4/h8-10,14H,7,11H2,1-6H3. The number of rotatable bonds is 4. The molecule has 1 aliphatic heterocycles. The molecule has 2 aromatic rings. The Hall–Kier alpha value is -1.20. The minimum atomic E-state index is -0.349. The van der Waals surface area contributed by atoms with E-state index in [0.29, 0.717) is 0 Å². The number of nitrogens with zero attached hydrogens (tertiary/aromatic N) is 2. The van der Waals surface area contributed by atoms with Gasteiger partial charge in [-0.15, -0.1) is 23.1 Å². The molecule has 2 heterocycles. The summed E-state index contributed by atoms with van der Waals surface area (Å²) < 4.78 is 1.20. The lowest BCUT2D eigenvalue weighted by Crippen LogP contribution is -2.31. The lowest BCUT2D eigenvalue weighted by atomic mass is 9.82. The number of thiazole rings is 1. The molecule has 3 nitrogen and oxygen atoms in total. The average molecular weight is 375 g/mol. The topological polar surface area (TPSA) is 42.3 Å². The number of hydrogen-bond acceptors (Lipinski definition) is 5. The van der Waals surface area contributed by atoms with Crippen LogP contribution in [0.4, 0.5) is 0 Å². The first-order chi connectivity index (χ1) is 11.6. The van der Waals surface area contributed by atoms with Gasteiger partial charge in [0.25, 0.3) is 0 Å². The van der Waals surface area contributed by atoms with Gasteiger partial charge in [-0.1, -0.05) is 47.6 Å². The Labute approximate surface area is 158 Å². The number of aliphatic imine (C=N–C) groups is 1. The van der Waals surface area contributed by atoms with Gasteiger partial charge in [-0.2, -0.15) is 0 Å². The Morgan fingerprint density at radius 3 is 2.60 bits per heavy atom. The number of benzene rings is 1. The highest BCUT2D eigenvalue weighted by Gasteiger charge is 2.34. The monoisotopic (exact) mass is 374 g/mol. The van der Waals surface area contributed by atoms with Crippen LogP contribution in [0.5, 0.6) is 0 Å². The minimum Gasteiger partial charge on any atom is -0.297 e. The molecule has 0 amide bonds. The molecule has 1 aromatic carbocycles. The third-order valence-corrected chi connectivity index (χ3v) is 7.14. The molecule has 0 bridgehead atoms. The van der Waals surface area contributed by atoms with Crippen molar-refractivity contribution in [1.82, 2.24) is 4.98 Å². The number of fused-ring (bicyclic) bond motifs is 1. The van der Waals surface area contributed by atoms with Gasteiger partial charge in [0, 0.05) is 11.2 Å². The third-order valence-electron chi connectivity index (χ3n) is 4.93. The third kappa shape index (κ3) is 3.68. The Morgan fingerprint density at radius 1 is 1.24 bits per heavy atom. The molecule has 3 rings (SSSR count). The summed E-state index contributed by atoms with van der Waals surface area (Å²) in [6, 6.07) is 6.32. The van der Waals surface area contributed by atoms with Gasteiger partial charge in [0.15, 0.2) is 5.78 Å². The van der Waals surface area contributed by atoms with E-state index in [0.717, 1.165) is 27.7 Å². The highest BCUT2D eigenvalue weighted by Crippen LogP contribution is 2.35. The van der Waals surface area contributed by atoms with Gasteiger partial charge in [-0.3, -0.25) is 9.79 Å². The molecular weight excluding hydrogens is 348 g/mol. The van der Waals surface area contributed by atoms with Crippen LogP contribution < -0.4 is 0 Å². The quantitative estimate of drug-likeness (QED) is 0.713. The maximum atomic E-state index is 12.5. The maximum absolute atomic E-state index is 12.5. The van der Waals surface area contributed by atoms with Gasteiger partial charge in [0.1, 0.15) is 16.1 Å². The molecule has 1 unspecified atom stereocenters. The Bertz CT molecular complexity index is 843. The lowest BCUT2D eigenvalue weighted by molar-refractivity contribution is -0.126. The minimum absolute atomic E-state index is 0.169. The van der Waals surface area contributed by atoms with Crippen LogP contribution in [0, 0.1) is 5.41 Å². The lowest BCUT2D eigenvalue weighted by Gasteiger charge is -2.23. The molecule has 1 atom stereocenters. The summed E-state index contributed by atoms with van der Waals surface area (Å²) in [5.74, 6) is 0.943. The number of ketones is 1. The van der Waals surface area contributed by atoms with Crippen LogP contribution in [0.3, 0.4) is 0 Å². The smallest absolute Gasteiger partial charge is 0.163 e. The number of carbonyl (C=O) groups excluding carboxylic acids is 1. The number of thioether (sulfide) groups is 1. The van der Waals surface area contributed by atoms with Crippen molar-refractivity contribution in [2.45, 2.75) is 59.4 Å². The molecule has 0 fully saturated rings. The number of carbonyl (C=O) groups is 1. The number of Topliss-reactive ketones (excluding diaryl/α,β-unsaturated/α-hetero) is 1. The molecule has 0 aliphatic carbocycles. The summed E-state index contributed by atoms with van der Waals surface area (Å²) in [5, 5.41) is 1.86. The molecule has 134 valence electrons. The van der Waals surface area contributed by atoms with E-state index in [-0.39, 0.29) is 22.7 Å². The Kier molecular flexibility index (Phi) is 4.84. The van der Waals surface area contributed by atoms with Crippen molar-refractivity contribution >= 4 is 44.1 Å². The second kappa shape index (κ2) is 6.51. The van der Waals surface area contributed by atoms with Gasteiger partial charge in [0.05, 0.1) is 10.2 Å². The molecule has 1 aliphatic rings. The molecular formula is C20H26N2OS2. The van der Waals surface area contributed by atoms with Crippen LogP contribution in [0.15, 0.2) is 23.2 Å². The first-order valence-corrected chi connectivity index (χ1v) is 10.6. The summed E-state index contributed by atoms with van der Waals surface area (Å²) >= 11 is 3.34. The fourth-order valence-corrected chi connectivity index (χ4v) is 4.88. The zero-order valence-electron chi connectivity index (χ0n) is 15.8. The van der Waals surface area contributed by atoms with Crippen molar-refractivity contribution in [3.63, 3.8) is 0 Å². The predicted octanol–water partition coefficient (Wildman–Crippen LogP) is 5.46. The summed E-state index contributed by atoms with van der Waals surface area (Å²) in [6.07, 6.45) is 1.10. The summed E-state index contributed by atoms with van der Waals surface area (Å²) in [6.45, 7) is 12.6. The number of aromatic nitrogens is 1. The van der Waals surface area contributed by atoms with E-state index in [9.17, 15) is 4.79 Å². The fourth-order valence-electron chi connectivity index (χ4n) is 2.77. The van der Waals surface area contributed by atoms with Crippen LogP contribution in [-0.4, -0.2) is 27.6 Å². The second-order valence-electron chi connectivity index (χ2n) is 8.31. The van der Waals surface area contributed by atoms with E-state index >= 15 is 0 Å². The van der Waals surface area contributed by atoms with Crippen molar-refractivity contribution in [2.75, 3.05) is 5.75 Å².